The van der Waals surface area contributed by atoms with E-state index >= 15 is 0 Å². The van der Waals surface area contributed by atoms with E-state index in [4.69, 9.17) is 10.2 Å². The predicted molar refractivity (Wildman–Crippen MR) is 96.5 cm³/mol. The molecule has 0 aliphatic carbocycles. The number of rotatable bonds is 8. The Labute approximate surface area is 173 Å². The van der Waals surface area contributed by atoms with Crippen molar-refractivity contribution < 1.29 is 60.4 Å². The number of carbonyl (C=O) groups excluding carboxylic acids is 2. The second-order valence-corrected chi connectivity index (χ2v) is 6.94. The van der Waals surface area contributed by atoms with E-state index in [1.165, 1.54) is 0 Å². The van der Waals surface area contributed by atoms with Gasteiger partial charge in [-0.05, 0) is 0 Å². The Bertz CT molecular complexity index is 450. The number of carbonyl (C=O) groups is 4. The Morgan fingerprint density at radius 2 is 0.933 bits per heavy atom. The largest absolute Gasteiger partial charge is 0.544 e. The molecule has 0 unspecified atom stereocenters. The first-order valence-corrected chi connectivity index (χ1v) is 9.10. The third-order valence-corrected chi connectivity index (χ3v) is 4.63. The summed E-state index contributed by atoms with van der Waals surface area (Å²) in [5.41, 5.74) is 0. The molecule has 14 heteroatoms. The number of nitrogens with zero attached hydrogens (tertiary/aromatic N) is 2. The van der Waals surface area contributed by atoms with Gasteiger partial charge in [0.1, 0.15) is 13.1 Å². The molecule has 0 amide bonds. The number of nitrogens with one attached hydrogen (secondary N) is 2. The number of carboxylic acids is 4. The van der Waals surface area contributed by atoms with Crippen molar-refractivity contribution in [1.82, 2.24) is 9.80 Å². The summed E-state index contributed by atoms with van der Waals surface area (Å²) in [7, 11) is 0. The molecule has 0 aromatic carbocycles. The molecule has 1 saturated heterocycles. The summed E-state index contributed by atoms with van der Waals surface area (Å²) >= 11 is 0. The smallest absolute Gasteiger partial charge is 0.317 e. The molecule has 0 spiro atoms. The van der Waals surface area contributed by atoms with Gasteiger partial charge < -0.3 is 50.8 Å². The summed E-state index contributed by atoms with van der Waals surface area (Å²) in [6, 6.07) is 0. The molecule has 0 aromatic heterocycles. The summed E-state index contributed by atoms with van der Waals surface area (Å²) < 4.78 is 0. The summed E-state index contributed by atoms with van der Waals surface area (Å²) in [5, 5.41) is 40.1. The van der Waals surface area contributed by atoms with Crippen LogP contribution in [-0.2, 0) is 19.2 Å². The molecule has 0 aromatic rings. The van der Waals surface area contributed by atoms with Gasteiger partial charge in [0, 0.05) is 26.2 Å². The molecular formula is C16H32N4O10. The van der Waals surface area contributed by atoms with Crippen LogP contribution in [0.25, 0.3) is 0 Å². The van der Waals surface area contributed by atoms with Crippen molar-refractivity contribution >= 4 is 23.9 Å². The Kier molecular flexibility index (Phi) is 15.4. The van der Waals surface area contributed by atoms with Crippen LogP contribution in [0.15, 0.2) is 0 Å². The van der Waals surface area contributed by atoms with Crippen molar-refractivity contribution in [2.45, 2.75) is 0 Å². The van der Waals surface area contributed by atoms with Gasteiger partial charge >= 0.3 is 11.9 Å². The first kappa shape index (κ1) is 29.8. The molecule has 0 atom stereocenters. The van der Waals surface area contributed by atoms with Gasteiger partial charge in [-0.1, -0.05) is 0 Å². The van der Waals surface area contributed by atoms with E-state index in [1.807, 2.05) is 0 Å². The van der Waals surface area contributed by atoms with E-state index in [-0.39, 0.29) is 37.1 Å². The van der Waals surface area contributed by atoms with Crippen LogP contribution in [0.5, 0.6) is 0 Å². The topological polar surface area (TPSA) is 233 Å². The van der Waals surface area contributed by atoms with Crippen LogP contribution in [0.2, 0.25) is 0 Å². The molecule has 176 valence electrons. The lowest BCUT2D eigenvalue weighted by Gasteiger charge is -2.31. The quantitative estimate of drug-likeness (QED) is 0.278. The monoisotopic (exact) mass is 440 g/mol. The second-order valence-electron chi connectivity index (χ2n) is 6.94. The number of hydrogen-bond acceptors (Lipinski definition) is 8. The van der Waals surface area contributed by atoms with Crippen LogP contribution >= 0.6 is 0 Å². The van der Waals surface area contributed by atoms with Crippen molar-refractivity contribution in [3.8, 4) is 0 Å². The van der Waals surface area contributed by atoms with Crippen LogP contribution < -0.4 is 20.0 Å². The van der Waals surface area contributed by atoms with Gasteiger partial charge in [0.2, 0.25) is 0 Å². The highest BCUT2D eigenvalue weighted by atomic mass is 16.4. The van der Waals surface area contributed by atoms with Crippen molar-refractivity contribution in [2.24, 2.45) is 0 Å². The Balaban J connectivity index is 0. The molecule has 1 aliphatic rings. The summed E-state index contributed by atoms with van der Waals surface area (Å²) in [6.45, 7) is 1.64. The fourth-order valence-corrected chi connectivity index (χ4v) is 3.20. The number of quaternary nitrogens is 2. The fraction of sp³-hybridized carbons (Fsp3) is 0.750. The van der Waals surface area contributed by atoms with Gasteiger partial charge in [0.15, 0.2) is 0 Å². The molecule has 1 heterocycles. The third-order valence-electron chi connectivity index (χ3n) is 4.63. The first-order chi connectivity index (χ1) is 13.2. The third kappa shape index (κ3) is 13.8. The summed E-state index contributed by atoms with van der Waals surface area (Å²) in [4.78, 5) is 48.8. The van der Waals surface area contributed by atoms with Crippen LogP contribution in [-0.4, -0.2) is 133 Å². The number of aliphatic carboxylic acids is 4. The van der Waals surface area contributed by atoms with Crippen LogP contribution in [0, 0.1) is 0 Å². The van der Waals surface area contributed by atoms with Gasteiger partial charge in [-0.2, -0.15) is 0 Å². The molecule has 1 fully saturated rings. The van der Waals surface area contributed by atoms with Gasteiger partial charge in [-0.25, -0.2) is 0 Å². The maximum Gasteiger partial charge on any atom is 0.317 e. The van der Waals surface area contributed by atoms with E-state index in [9.17, 15) is 29.4 Å². The van der Waals surface area contributed by atoms with E-state index in [1.54, 1.807) is 9.80 Å². The minimum absolute atomic E-state index is 0. The first-order valence-electron chi connectivity index (χ1n) is 9.10. The second kappa shape index (κ2) is 15.5. The van der Waals surface area contributed by atoms with E-state index < -0.39 is 23.9 Å². The van der Waals surface area contributed by atoms with Crippen molar-refractivity contribution in [3.63, 3.8) is 0 Å². The molecular weight excluding hydrogens is 408 g/mol. The van der Waals surface area contributed by atoms with Gasteiger partial charge in [0.25, 0.3) is 0 Å². The summed E-state index contributed by atoms with van der Waals surface area (Å²) in [5.74, 6) is -4.52. The molecule has 8 N–H and O–H groups in total. The normalized spacial score (nSPS) is 21.7. The highest BCUT2D eigenvalue weighted by Gasteiger charge is 2.21. The lowest BCUT2D eigenvalue weighted by atomic mass is 10.3. The zero-order chi connectivity index (χ0) is 21.1. The molecule has 0 radical (unpaired) electrons. The van der Waals surface area contributed by atoms with Crippen LogP contribution in [0.3, 0.4) is 0 Å². The van der Waals surface area contributed by atoms with E-state index in [0.717, 1.165) is 0 Å². The molecule has 1 aliphatic heterocycles. The van der Waals surface area contributed by atoms with Gasteiger partial charge in [0.05, 0.1) is 51.2 Å². The number of carboxylic acid groups (broad SMARTS) is 4. The Morgan fingerprint density at radius 3 is 1.13 bits per heavy atom. The summed E-state index contributed by atoms with van der Waals surface area (Å²) in [6.07, 6.45) is 0. The van der Waals surface area contributed by atoms with Crippen molar-refractivity contribution in [1.29, 1.82) is 0 Å². The molecule has 14 nitrogen and oxygen atoms in total. The zero-order valence-electron chi connectivity index (χ0n) is 16.7. The average Bonchev–Trinajstić information content (AvgIpc) is 2.55. The minimum atomic E-state index is -1.23. The van der Waals surface area contributed by atoms with E-state index in [2.05, 4.69) is 0 Å². The lowest BCUT2D eigenvalue weighted by molar-refractivity contribution is -0.898. The van der Waals surface area contributed by atoms with Crippen LogP contribution in [0.4, 0.5) is 0 Å². The van der Waals surface area contributed by atoms with Crippen LogP contribution in [0.1, 0.15) is 0 Å². The minimum Gasteiger partial charge on any atom is -0.544 e. The highest BCUT2D eigenvalue weighted by molar-refractivity contribution is 5.69. The number of hydrogen-bond donors (Lipinski definition) is 4. The fourth-order valence-electron chi connectivity index (χ4n) is 3.20. The van der Waals surface area contributed by atoms with Crippen molar-refractivity contribution in [3.05, 3.63) is 0 Å². The zero-order valence-corrected chi connectivity index (χ0v) is 16.7. The van der Waals surface area contributed by atoms with E-state index in [0.29, 0.717) is 62.2 Å². The standard InChI is InChI=1S/C16H28N4O8.2H2O/c21-13(22)9-17-1-2-18(10-14(23)24)5-6-20(12-16(27)28)8-7-19(4-3-17)11-15(25)26;;/h1-12H2,(H,21,22)(H,23,24)(H,25,26)(H,27,28);2*1H2. The van der Waals surface area contributed by atoms with Gasteiger partial charge in [-0.3, -0.25) is 19.4 Å². The molecule has 1 rings (SSSR count). The Morgan fingerprint density at radius 1 is 0.667 bits per heavy atom. The lowest BCUT2D eigenvalue weighted by Crippen LogP contribution is -3.16. The Hall–Kier alpha value is -2.36. The molecule has 0 saturated carbocycles. The SMILES string of the molecule is O.O.O=C([O-])C[NH+]1CCN(CC(=O)O)CC[NH+](CC(=O)[O-])CCN(CC(=O)O)CC1. The molecule has 30 heavy (non-hydrogen) atoms. The van der Waals surface area contributed by atoms with Gasteiger partial charge in [-0.15, -0.1) is 0 Å². The maximum atomic E-state index is 11.1. The van der Waals surface area contributed by atoms with Crippen molar-refractivity contribution in [2.75, 3.05) is 78.5 Å². The molecule has 0 bridgehead atoms. The average molecular weight is 440 g/mol. The highest BCUT2D eigenvalue weighted by Crippen LogP contribution is 1.88. The predicted octanol–water partition coefficient (Wildman–Crippen LogP) is -9.61. The maximum absolute atomic E-state index is 11.1.